The Bertz CT molecular complexity index is 1650. The number of aliphatic imine (C=N–C) groups is 1. The second-order valence-electron chi connectivity index (χ2n) is 11.4. The number of rotatable bonds is 8. The minimum atomic E-state index is -4.75. The van der Waals surface area contributed by atoms with E-state index in [9.17, 15) is 18.0 Å². The van der Waals surface area contributed by atoms with Gasteiger partial charge in [-0.25, -0.2) is 14.5 Å². The first-order chi connectivity index (χ1) is 21.4. The molecule has 1 saturated heterocycles. The van der Waals surface area contributed by atoms with Gasteiger partial charge in [0.25, 0.3) is 0 Å². The standard InChI is InChI=1S/C33H35F3N6O2S/c1-21(2)28-14-5-22(3)17-29(28)41-18-23(4)19-45-32(41)39-31(43)37-16-15-24-6-8-25(9-7-24)30-38-20-42(40-30)26-10-12-27(13-11-26)44-33(34,35)36/h5-14,17,20-21,23H,15-16,18-19H2,1-4H3,(H,37,43). The van der Waals surface area contributed by atoms with Gasteiger partial charge in [0, 0.05) is 30.1 Å². The Hall–Kier alpha value is -4.32. The maximum Gasteiger partial charge on any atom is 0.573 e. The number of aromatic nitrogens is 3. The fourth-order valence-electron chi connectivity index (χ4n) is 4.99. The van der Waals surface area contributed by atoms with E-state index in [0.29, 0.717) is 36.3 Å². The molecule has 0 aliphatic carbocycles. The molecule has 45 heavy (non-hydrogen) atoms. The van der Waals surface area contributed by atoms with Gasteiger partial charge in [0.05, 0.1) is 5.69 Å². The fraction of sp³-hybridized carbons (Fsp3) is 0.333. The molecule has 0 spiro atoms. The quantitative estimate of drug-likeness (QED) is 0.213. The molecule has 236 valence electrons. The molecule has 8 nitrogen and oxygen atoms in total. The Morgan fingerprint density at radius 2 is 1.84 bits per heavy atom. The second kappa shape index (κ2) is 13.8. The average Bonchev–Trinajstić information content (AvgIpc) is 3.48. The first-order valence-corrected chi connectivity index (χ1v) is 15.7. The number of ether oxygens (including phenoxy) is 1. The number of benzene rings is 3. The van der Waals surface area contributed by atoms with Gasteiger partial charge >= 0.3 is 12.4 Å². The summed E-state index contributed by atoms with van der Waals surface area (Å²) in [5, 5.41) is 8.09. The summed E-state index contributed by atoms with van der Waals surface area (Å²) in [5.41, 5.74) is 5.87. The van der Waals surface area contributed by atoms with E-state index in [2.05, 4.69) is 75.9 Å². The van der Waals surface area contributed by atoms with E-state index in [-0.39, 0.29) is 11.8 Å². The van der Waals surface area contributed by atoms with Crippen LogP contribution >= 0.6 is 11.8 Å². The molecular formula is C33H35F3N6O2S. The Morgan fingerprint density at radius 3 is 2.53 bits per heavy atom. The van der Waals surface area contributed by atoms with E-state index < -0.39 is 6.36 Å². The Kier molecular flexibility index (Phi) is 9.81. The number of aryl methyl sites for hydroxylation is 1. The Morgan fingerprint density at radius 1 is 1.11 bits per heavy atom. The molecule has 0 bridgehead atoms. The summed E-state index contributed by atoms with van der Waals surface area (Å²) in [7, 11) is 0. The van der Waals surface area contributed by atoms with E-state index in [4.69, 9.17) is 0 Å². The van der Waals surface area contributed by atoms with Crippen molar-refractivity contribution in [1.82, 2.24) is 20.1 Å². The zero-order valence-corrected chi connectivity index (χ0v) is 26.3. The van der Waals surface area contributed by atoms with Gasteiger partial charge in [-0.15, -0.1) is 18.3 Å². The number of thioether (sulfide) groups is 1. The van der Waals surface area contributed by atoms with Gasteiger partial charge in [0.15, 0.2) is 11.0 Å². The first kappa shape index (κ1) is 32.1. The van der Waals surface area contributed by atoms with Gasteiger partial charge in [-0.3, -0.25) is 0 Å². The molecule has 1 fully saturated rings. The fourth-order valence-corrected chi connectivity index (χ4v) is 6.00. The van der Waals surface area contributed by atoms with Crippen LogP contribution in [0, 0.1) is 12.8 Å². The van der Waals surface area contributed by atoms with E-state index in [1.54, 1.807) is 11.8 Å². The third kappa shape index (κ3) is 8.44. The molecule has 1 aromatic heterocycles. The number of halogens is 3. The van der Waals surface area contributed by atoms with Crippen LogP contribution in [-0.4, -0.2) is 51.2 Å². The van der Waals surface area contributed by atoms with Crippen molar-refractivity contribution >= 4 is 28.6 Å². The van der Waals surface area contributed by atoms with Crippen molar-refractivity contribution in [2.75, 3.05) is 23.7 Å². The Labute approximate surface area is 264 Å². The smallest absolute Gasteiger partial charge is 0.406 e. The molecule has 2 amide bonds. The van der Waals surface area contributed by atoms with Crippen molar-refractivity contribution < 1.29 is 22.7 Å². The number of hydrogen-bond acceptors (Lipinski definition) is 5. The molecule has 1 N–H and O–H groups in total. The lowest BCUT2D eigenvalue weighted by molar-refractivity contribution is -0.274. The van der Waals surface area contributed by atoms with Crippen molar-refractivity contribution in [2.24, 2.45) is 10.9 Å². The summed E-state index contributed by atoms with van der Waals surface area (Å²) in [6, 6.07) is 19.2. The van der Waals surface area contributed by atoms with E-state index >= 15 is 0 Å². The molecular weight excluding hydrogens is 601 g/mol. The summed E-state index contributed by atoms with van der Waals surface area (Å²) >= 11 is 1.62. The maximum atomic E-state index is 12.9. The third-order valence-corrected chi connectivity index (χ3v) is 8.55. The number of urea groups is 1. The van der Waals surface area contributed by atoms with Crippen molar-refractivity contribution in [1.29, 1.82) is 0 Å². The summed E-state index contributed by atoms with van der Waals surface area (Å²) < 4.78 is 42.6. The molecule has 5 rings (SSSR count). The van der Waals surface area contributed by atoms with Crippen LogP contribution in [0.3, 0.4) is 0 Å². The molecule has 0 saturated carbocycles. The number of carbonyl (C=O) groups is 1. The molecule has 1 aliphatic heterocycles. The van der Waals surface area contributed by atoms with Gasteiger partial charge in [0.1, 0.15) is 12.1 Å². The number of nitrogens with zero attached hydrogens (tertiary/aromatic N) is 5. The lowest BCUT2D eigenvalue weighted by Gasteiger charge is -2.35. The van der Waals surface area contributed by atoms with Crippen LogP contribution in [0.2, 0.25) is 0 Å². The molecule has 1 unspecified atom stereocenters. The van der Waals surface area contributed by atoms with Crippen LogP contribution in [0.4, 0.5) is 23.7 Å². The number of anilines is 1. The molecule has 2 heterocycles. The highest BCUT2D eigenvalue weighted by molar-refractivity contribution is 8.14. The monoisotopic (exact) mass is 636 g/mol. The highest BCUT2D eigenvalue weighted by atomic mass is 32.2. The van der Waals surface area contributed by atoms with Gasteiger partial charge < -0.3 is 15.0 Å². The number of nitrogens with one attached hydrogen (secondary N) is 1. The van der Waals surface area contributed by atoms with Crippen LogP contribution in [0.1, 0.15) is 43.4 Å². The summed E-state index contributed by atoms with van der Waals surface area (Å²) in [4.78, 5) is 23.9. The van der Waals surface area contributed by atoms with Crippen molar-refractivity contribution in [3.63, 3.8) is 0 Å². The molecule has 1 atom stereocenters. The van der Waals surface area contributed by atoms with E-state index in [0.717, 1.165) is 34.3 Å². The minimum absolute atomic E-state index is 0.308. The van der Waals surface area contributed by atoms with Crippen LogP contribution in [-0.2, 0) is 6.42 Å². The van der Waals surface area contributed by atoms with Crippen LogP contribution < -0.4 is 15.0 Å². The van der Waals surface area contributed by atoms with Crippen LogP contribution in [0.5, 0.6) is 5.75 Å². The predicted molar refractivity (Wildman–Crippen MR) is 172 cm³/mol. The maximum absolute atomic E-state index is 12.9. The Balaban J connectivity index is 1.18. The molecule has 3 aromatic carbocycles. The third-order valence-electron chi connectivity index (χ3n) is 7.25. The first-order valence-electron chi connectivity index (χ1n) is 14.7. The summed E-state index contributed by atoms with van der Waals surface area (Å²) in [6.45, 7) is 9.89. The second-order valence-corrected chi connectivity index (χ2v) is 12.4. The lowest BCUT2D eigenvalue weighted by atomic mass is 9.98. The largest absolute Gasteiger partial charge is 0.573 e. The van der Waals surface area contributed by atoms with Gasteiger partial charge in [-0.1, -0.05) is 68.9 Å². The van der Waals surface area contributed by atoms with Crippen molar-refractivity contribution in [2.45, 2.75) is 46.4 Å². The van der Waals surface area contributed by atoms with Crippen LogP contribution in [0.25, 0.3) is 17.1 Å². The molecule has 0 radical (unpaired) electrons. The molecule has 1 aliphatic rings. The summed E-state index contributed by atoms with van der Waals surface area (Å²) in [6.07, 6.45) is -2.63. The SMILES string of the molecule is Cc1ccc(C(C)C)c(N2CC(C)CSC2=NC(=O)NCCc2ccc(-c3ncn(-c4ccc(OC(F)(F)F)cc4)n3)cc2)c1. The van der Waals surface area contributed by atoms with E-state index in [1.165, 1.54) is 46.4 Å². The molecule has 4 aromatic rings. The summed E-state index contributed by atoms with van der Waals surface area (Å²) in [5.74, 6) is 1.89. The highest BCUT2D eigenvalue weighted by Gasteiger charge is 2.31. The molecule has 12 heteroatoms. The normalized spacial score (nSPS) is 16.3. The number of alkyl halides is 3. The minimum Gasteiger partial charge on any atom is -0.406 e. The van der Waals surface area contributed by atoms with Gasteiger partial charge in [-0.2, -0.15) is 4.99 Å². The van der Waals surface area contributed by atoms with E-state index in [1.807, 2.05) is 24.3 Å². The van der Waals surface area contributed by atoms with Crippen molar-refractivity contribution in [3.05, 3.63) is 89.7 Å². The lowest BCUT2D eigenvalue weighted by Crippen LogP contribution is -2.40. The van der Waals surface area contributed by atoms with Gasteiger partial charge in [-0.05, 0) is 72.2 Å². The van der Waals surface area contributed by atoms with Crippen LogP contribution in [0.15, 0.2) is 78.0 Å². The average molecular weight is 637 g/mol. The zero-order chi connectivity index (χ0) is 32.1. The zero-order valence-electron chi connectivity index (χ0n) is 25.5. The number of amidine groups is 1. The van der Waals surface area contributed by atoms with Gasteiger partial charge in [0.2, 0.25) is 0 Å². The van der Waals surface area contributed by atoms with Crippen molar-refractivity contribution in [3.8, 4) is 22.8 Å². The number of hydrogen-bond donors (Lipinski definition) is 1. The topological polar surface area (TPSA) is 84.6 Å². The number of amides is 2. The highest BCUT2D eigenvalue weighted by Crippen LogP contribution is 2.34. The predicted octanol–water partition coefficient (Wildman–Crippen LogP) is 7.76. The number of carbonyl (C=O) groups excluding carboxylic acids is 1.